The zero-order valence-corrected chi connectivity index (χ0v) is 26.0. The van der Waals surface area contributed by atoms with Crippen LogP contribution in [0.15, 0.2) is 0 Å². The lowest BCUT2D eigenvalue weighted by molar-refractivity contribution is -0.272. The quantitative estimate of drug-likeness (QED) is 0.0751. The Kier molecular flexibility index (Phi) is 22.0. The summed E-state index contributed by atoms with van der Waals surface area (Å²) in [6.07, 6.45) is 11.0. The highest BCUT2D eigenvalue weighted by Crippen LogP contribution is 2.34. The molecule has 0 aliphatic heterocycles. The van der Waals surface area contributed by atoms with E-state index in [1.165, 1.54) is 38.5 Å². The summed E-state index contributed by atoms with van der Waals surface area (Å²) in [7, 11) is -1.37. The van der Waals surface area contributed by atoms with Gasteiger partial charge in [-0.25, -0.2) is 0 Å². The molecule has 7 heteroatoms. The van der Waals surface area contributed by atoms with Crippen LogP contribution in [-0.2, 0) is 28.4 Å². The maximum Gasteiger partial charge on any atom is 0.176 e. The van der Waals surface area contributed by atoms with Gasteiger partial charge in [0.05, 0.1) is 0 Å². The molecule has 0 aromatic rings. The molecule has 2 unspecified atom stereocenters. The Morgan fingerprint density at radius 2 is 0.800 bits per heavy atom. The van der Waals surface area contributed by atoms with Crippen LogP contribution >= 0.6 is 0 Å². The van der Waals surface area contributed by atoms with Gasteiger partial charge >= 0.3 is 0 Å². The second-order valence-electron chi connectivity index (χ2n) is 9.12. The highest BCUT2D eigenvalue weighted by Gasteiger charge is 2.54. The molecule has 0 aliphatic carbocycles. The minimum atomic E-state index is -1.37. The molecular formula is C28H60O6Si. The van der Waals surface area contributed by atoms with Crippen LogP contribution in [-0.4, -0.2) is 72.2 Å². The van der Waals surface area contributed by atoms with Crippen molar-refractivity contribution < 1.29 is 28.4 Å². The van der Waals surface area contributed by atoms with Gasteiger partial charge in [-0.05, 0) is 54.4 Å². The predicted octanol–water partition coefficient (Wildman–Crippen LogP) is 6.36. The molecule has 0 saturated heterocycles. The van der Waals surface area contributed by atoms with E-state index in [2.05, 4.69) is 27.7 Å². The van der Waals surface area contributed by atoms with Gasteiger partial charge in [-0.3, -0.25) is 0 Å². The van der Waals surface area contributed by atoms with E-state index < -0.39 is 20.3 Å². The summed E-state index contributed by atoms with van der Waals surface area (Å²) in [6.45, 7) is 20.2. The van der Waals surface area contributed by atoms with Crippen molar-refractivity contribution in [2.24, 2.45) is 0 Å². The standard InChI is InChI=1S/C28H60O6Si/c1-9-17-19-21-23-25(29-11-3)27(31-13-5,32-14-6)35-28(33-15-7,34-16-8)26(30-12-4)24-22-20-18-10-2/h25-26H,9-24,35H2,1-8H3. The van der Waals surface area contributed by atoms with E-state index in [1.807, 2.05) is 27.7 Å². The lowest BCUT2D eigenvalue weighted by atomic mass is 10.1. The Labute approximate surface area is 220 Å². The summed E-state index contributed by atoms with van der Waals surface area (Å²) in [6, 6.07) is 0. The van der Waals surface area contributed by atoms with Gasteiger partial charge in [-0.1, -0.05) is 65.2 Å². The molecule has 35 heavy (non-hydrogen) atoms. The van der Waals surface area contributed by atoms with Crippen LogP contribution in [0.4, 0.5) is 0 Å². The topological polar surface area (TPSA) is 55.4 Å². The average molecular weight is 521 g/mol. The van der Waals surface area contributed by atoms with Crippen molar-refractivity contribution in [1.29, 1.82) is 0 Å². The van der Waals surface area contributed by atoms with Crippen molar-refractivity contribution in [3.8, 4) is 0 Å². The largest absolute Gasteiger partial charge is 0.373 e. The Bertz CT molecular complexity index is 413. The summed E-state index contributed by atoms with van der Waals surface area (Å²) < 4.78 is 39.0. The minimum absolute atomic E-state index is 0.154. The highest BCUT2D eigenvalue weighted by atomic mass is 28.2. The molecule has 0 radical (unpaired) electrons. The fourth-order valence-corrected chi connectivity index (χ4v) is 7.99. The molecule has 0 rings (SSSR count). The van der Waals surface area contributed by atoms with E-state index >= 15 is 0 Å². The first-order valence-electron chi connectivity index (χ1n) is 14.8. The number of unbranched alkanes of at least 4 members (excludes halogenated alkanes) is 6. The van der Waals surface area contributed by atoms with Gasteiger partial charge in [0.15, 0.2) is 20.3 Å². The maximum absolute atomic E-state index is 6.56. The zero-order chi connectivity index (χ0) is 26.4. The van der Waals surface area contributed by atoms with Gasteiger partial charge in [-0.15, -0.1) is 0 Å². The third-order valence-electron chi connectivity index (χ3n) is 6.40. The van der Waals surface area contributed by atoms with E-state index in [-0.39, 0.29) is 12.2 Å². The molecule has 2 atom stereocenters. The Morgan fingerprint density at radius 3 is 1.06 bits per heavy atom. The third-order valence-corrected chi connectivity index (χ3v) is 9.12. The van der Waals surface area contributed by atoms with E-state index in [1.54, 1.807) is 0 Å². The molecule has 0 N–H and O–H groups in total. The molecule has 0 aromatic carbocycles. The smallest absolute Gasteiger partial charge is 0.176 e. The summed E-state index contributed by atoms with van der Waals surface area (Å²) in [5.74, 6) is 0. The van der Waals surface area contributed by atoms with Crippen molar-refractivity contribution in [2.75, 3.05) is 39.6 Å². The van der Waals surface area contributed by atoms with Gasteiger partial charge in [-0.2, -0.15) is 0 Å². The van der Waals surface area contributed by atoms with Crippen LogP contribution in [0.3, 0.4) is 0 Å². The first kappa shape index (κ1) is 35.0. The second kappa shape index (κ2) is 22.0. The van der Waals surface area contributed by atoms with Crippen molar-refractivity contribution in [3.05, 3.63) is 0 Å². The van der Waals surface area contributed by atoms with Gasteiger partial charge in [0, 0.05) is 39.6 Å². The molecule has 0 spiro atoms. The monoisotopic (exact) mass is 520 g/mol. The van der Waals surface area contributed by atoms with Crippen molar-refractivity contribution in [1.82, 2.24) is 0 Å². The number of hydrogen-bond donors (Lipinski definition) is 0. The van der Waals surface area contributed by atoms with Crippen LogP contribution < -0.4 is 0 Å². The lowest BCUT2D eigenvalue weighted by Crippen LogP contribution is -2.66. The zero-order valence-electron chi connectivity index (χ0n) is 24.6. The first-order valence-corrected chi connectivity index (χ1v) is 16.2. The summed E-state index contributed by atoms with van der Waals surface area (Å²) >= 11 is 0. The maximum atomic E-state index is 6.56. The van der Waals surface area contributed by atoms with Gasteiger partial charge in [0.1, 0.15) is 12.2 Å². The molecule has 0 aromatic heterocycles. The Balaban J connectivity index is 6.32. The molecule has 0 saturated carbocycles. The van der Waals surface area contributed by atoms with Gasteiger partial charge < -0.3 is 28.4 Å². The Morgan fingerprint density at radius 1 is 0.457 bits per heavy atom. The molecule has 6 nitrogen and oxygen atoms in total. The molecule has 212 valence electrons. The van der Waals surface area contributed by atoms with E-state index in [9.17, 15) is 0 Å². The van der Waals surface area contributed by atoms with Crippen LogP contribution in [0, 0.1) is 0 Å². The van der Waals surface area contributed by atoms with Crippen molar-refractivity contribution >= 4 is 9.52 Å². The minimum Gasteiger partial charge on any atom is -0.373 e. The number of ether oxygens (including phenoxy) is 6. The number of rotatable bonds is 26. The van der Waals surface area contributed by atoms with Crippen LogP contribution in [0.25, 0.3) is 0 Å². The van der Waals surface area contributed by atoms with Gasteiger partial charge in [0.25, 0.3) is 0 Å². The number of hydrogen-bond acceptors (Lipinski definition) is 6. The van der Waals surface area contributed by atoms with Gasteiger partial charge in [0.2, 0.25) is 0 Å². The van der Waals surface area contributed by atoms with Crippen LogP contribution in [0.1, 0.15) is 120 Å². The van der Waals surface area contributed by atoms with Crippen LogP contribution in [0.5, 0.6) is 0 Å². The van der Waals surface area contributed by atoms with Crippen LogP contribution in [0.2, 0.25) is 0 Å². The third kappa shape index (κ3) is 12.9. The van der Waals surface area contributed by atoms with Crippen molar-refractivity contribution in [2.45, 2.75) is 143 Å². The summed E-state index contributed by atoms with van der Waals surface area (Å²) in [4.78, 5) is 0. The van der Waals surface area contributed by atoms with E-state index in [0.717, 1.165) is 25.7 Å². The molecule has 0 aliphatic rings. The lowest BCUT2D eigenvalue weighted by Gasteiger charge is -2.48. The summed E-state index contributed by atoms with van der Waals surface area (Å²) in [5.41, 5.74) is -1.68. The predicted molar refractivity (Wildman–Crippen MR) is 149 cm³/mol. The second-order valence-corrected chi connectivity index (χ2v) is 11.4. The van der Waals surface area contributed by atoms with Crippen molar-refractivity contribution in [3.63, 3.8) is 0 Å². The summed E-state index contributed by atoms with van der Waals surface area (Å²) in [5, 5.41) is 0. The fourth-order valence-electron chi connectivity index (χ4n) is 4.98. The fraction of sp³-hybridized carbons (Fsp3) is 1.00. The SMILES string of the molecule is CCCCCCC(OCC)C(OCC)(OCC)[SiH2]C(OCC)(OCC)C(CCCCCC)OCC. The van der Waals surface area contributed by atoms with E-state index in [0.29, 0.717) is 39.6 Å². The van der Waals surface area contributed by atoms with E-state index in [4.69, 9.17) is 28.4 Å². The molecule has 0 fully saturated rings. The Hall–Kier alpha value is -0.0231. The average Bonchev–Trinajstić information content (AvgIpc) is 2.83. The molecule has 0 heterocycles. The molecular weight excluding hydrogens is 460 g/mol. The first-order chi connectivity index (χ1) is 17.0. The highest BCUT2D eigenvalue weighted by molar-refractivity contribution is 6.43. The molecule has 0 bridgehead atoms. The normalized spacial score (nSPS) is 14.7. The molecule has 0 amide bonds.